The molecule has 0 heterocycles. The van der Waals surface area contributed by atoms with E-state index in [0.29, 0.717) is 11.5 Å². The minimum absolute atomic E-state index is 0.0956. The van der Waals surface area contributed by atoms with Crippen LogP contribution in [0, 0.1) is 0 Å². The van der Waals surface area contributed by atoms with Gasteiger partial charge in [0, 0.05) is 17.5 Å². The van der Waals surface area contributed by atoms with Crippen LogP contribution < -0.4 is 5.32 Å². The number of hydrogen-bond acceptors (Lipinski definition) is 5. The molecular weight excluding hydrogens is 274 g/mol. The SMILES string of the molecule is COC(=O)C(CSCCO)(NC(C)C)c1ccccc1. The Morgan fingerprint density at radius 2 is 2.05 bits per heavy atom. The quantitative estimate of drug-likeness (QED) is 0.566. The Morgan fingerprint density at radius 3 is 2.55 bits per heavy atom. The number of aliphatic hydroxyl groups is 1. The first-order valence-corrected chi connectivity index (χ1v) is 7.82. The molecule has 5 heteroatoms. The minimum atomic E-state index is -0.885. The molecule has 0 radical (unpaired) electrons. The lowest BCUT2D eigenvalue weighted by Gasteiger charge is -2.34. The standard InChI is InChI=1S/C15H23NO3S/c1-12(2)16-15(14(18)19-3,11-20-10-9-17)13-7-5-4-6-8-13/h4-8,12,16-17H,9-11H2,1-3H3. The van der Waals surface area contributed by atoms with E-state index in [0.717, 1.165) is 5.56 Å². The Balaban J connectivity index is 3.14. The van der Waals surface area contributed by atoms with E-state index in [4.69, 9.17) is 9.84 Å². The third-order valence-corrected chi connectivity index (χ3v) is 4.00. The molecule has 2 N–H and O–H groups in total. The molecule has 112 valence electrons. The normalized spacial score (nSPS) is 14.1. The molecule has 0 saturated carbocycles. The highest BCUT2D eigenvalue weighted by Gasteiger charge is 2.41. The van der Waals surface area contributed by atoms with Crippen molar-refractivity contribution < 1.29 is 14.6 Å². The molecule has 0 fully saturated rings. The molecule has 20 heavy (non-hydrogen) atoms. The van der Waals surface area contributed by atoms with Crippen LogP contribution in [0.5, 0.6) is 0 Å². The smallest absolute Gasteiger partial charge is 0.331 e. The second-order valence-electron chi connectivity index (χ2n) is 4.84. The van der Waals surface area contributed by atoms with E-state index in [1.165, 1.54) is 18.9 Å². The van der Waals surface area contributed by atoms with E-state index in [-0.39, 0.29) is 18.6 Å². The average molecular weight is 297 g/mol. The summed E-state index contributed by atoms with van der Waals surface area (Å²) < 4.78 is 5.02. The number of esters is 1. The number of carbonyl (C=O) groups excluding carboxylic acids is 1. The Morgan fingerprint density at radius 1 is 1.40 bits per heavy atom. The molecule has 1 rings (SSSR count). The molecule has 4 nitrogen and oxygen atoms in total. The first-order valence-electron chi connectivity index (χ1n) is 6.67. The van der Waals surface area contributed by atoms with Crippen molar-refractivity contribution in [3.8, 4) is 0 Å². The maximum atomic E-state index is 12.4. The highest BCUT2D eigenvalue weighted by Crippen LogP contribution is 2.28. The van der Waals surface area contributed by atoms with Gasteiger partial charge in [-0.15, -0.1) is 0 Å². The molecule has 0 aromatic heterocycles. The average Bonchev–Trinajstić information content (AvgIpc) is 2.46. The van der Waals surface area contributed by atoms with Crippen LogP contribution in [0.2, 0.25) is 0 Å². The number of rotatable bonds is 8. The first kappa shape index (κ1) is 17.0. The summed E-state index contributed by atoms with van der Waals surface area (Å²) in [5.74, 6) is 0.802. The van der Waals surface area contributed by atoms with E-state index in [9.17, 15) is 4.79 Å². The van der Waals surface area contributed by atoms with Gasteiger partial charge in [-0.2, -0.15) is 11.8 Å². The Bertz CT molecular complexity index is 411. The van der Waals surface area contributed by atoms with Gasteiger partial charge in [0.2, 0.25) is 0 Å². The highest BCUT2D eigenvalue weighted by molar-refractivity contribution is 7.99. The van der Waals surface area contributed by atoms with Gasteiger partial charge in [-0.1, -0.05) is 30.3 Å². The van der Waals surface area contributed by atoms with Gasteiger partial charge in [0.25, 0.3) is 0 Å². The Labute approximate surface area is 124 Å². The molecule has 0 aliphatic rings. The van der Waals surface area contributed by atoms with Gasteiger partial charge in [-0.05, 0) is 19.4 Å². The summed E-state index contributed by atoms with van der Waals surface area (Å²) >= 11 is 1.53. The molecule has 1 aromatic carbocycles. The highest BCUT2D eigenvalue weighted by atomic mass is 32.2. The predicted octanol–water partition coefficient (Wildman–Crippen LogP) is 1.78. The van der Waals surface area contributed by atoms with Gasteiger partial charge >= 0.3 is 5.97 Å². The van der Waals surface area contributed by atoms with Crippen molar-refractivity contribution in [2.75, 3.05) is 25.2 Å². The molecule has 0 amide bonds. The fourth-order valence-electron chi connectivity index (χ4n) is 2.12. The van der Waals surface area contributed by atoms with Crippen molar-refractivity contribution in [1.82, 2.24) is 5.32 Å². The van der Waals surface area contributed by atoms with Crippen LogP contribution in [0.15, 0.2) is 30.3 Å². The topological polar surface area (TPSA) is 58.6 Å². The van der Waals surface area contributed by atoms with E-state index >= 15 is 0 Å². The number of hydrogen-bond donors (Lipinski definition) is 2. The van der Waals surface area contributed by atoms with Crippen molar-refractivity contribution in [3.63, 3.8) is 0 Å². The third-order valence-electron chi connectivity index (χ3n) is 2.89. The van der Waals surface area contributed by atoms with Crippen LogP contribution in [0.4, 0.5) is 0 Å². The lowest BCUT2D eigenvalue weighted by Crippen LogP contribution is -2.54. The summed E-state index contributed by atoms with van der Waals surface area (Å²) in [6.07, 6.45) is 0. The van der Waals surface area contributed by atoms with Crippen molar-refractivity contribution in [3.05, 3.63) is 35.9 Å². The Hall–Kier alpha value is -1.04. The molecule has 0 spiro atoms. The number of aliphatic hydroxyl groups excluding tert-OH is 1. The molecular formula is C15H23NO3S. The molecule has 0 saturated heterocycles. The maximum absolute atomic E-state index is 12.4. The molecule has 0 aliphatic heterocycles. The van der Waals surface area contributed by atoms with Gasteiger partial charge in [-0.25, -0.2) is 4.79 Å². The Kier molecular flexibility index (Phi) is 7.05. The van der Waals surface area contributed by atoms with Gasteiger partial charge in [0.05, 0.1) is 13.7 Å². The monoisotopic (exact) mass is 297 g/mol. The lowest BCUT2D eigenvalue weighted by atomic mass is 9.91. The van der Waals surface area contributed by atoms with Crippen LogP contribution in [0.1, 0.15) is 19.4 Å². The van der Waals surface area contributed by atoms with E-state index < -0.39 is 5.54 Å². The van der Waals surface area contributed by atoms with Crippen LogP contribution in [0.25, 0.3) is 0 Å². The van der Waals surface area contributed by atoms with Crippen LogP contribution in [0.3, 0.4) is 0 Å². The molecule has 1 aromatic rings. The number of nitrogens with one attached hydrogen (secondary N) is 1. The molecule has 0 aliphatic carbocycles. The van der Waals surface area contributed by atoms with E-state index in [1.54, 1.807) is 0 Å². The molecule has 1 unspecified atom stereocenters. The van der Waals surface area contributed by atoms with Crippen LogP contribution >= 0.6 is 11.8 Å². The molecule has 0 bridgehead atoms. The van der Waals surface area contributed by atoms with Crippen molar-refractivity contribution >= 4 is 17.7 Å². The van der Waals surface area contributed by atoms with Gasteiger partial charge in [-0.3, -0.25) is 5.32 Å². The lowest BCUT2D eigenvalue weighted by molar-refractivity contribution is -0.148. The third kappa shape index (κ3) is 4.23. The van der Waals surface area contributed by atoms with Crippen molar-refractivity contribution in [1.29, 1.82) is 0 Å². The van der Waals surface area contributed by atoms with E-state index in [1.807, 2.05) is 44.2 Å². The zero-order valence-corrected chi connectivity index (χ0v) is 13.1. The first-order chi connectivity index (χ1) is 9.56. The van der Waals surface area contributed by atoms with Gasteiger partial charge in [0.15, 0.2) is 5.54 Å². The van der Waals surface area contributed by atoms with Crippen molar-refractivity contribution in [2.45, 2.75) is 25.4 Å². The number of ether oxygens (including phenoxy) is 1. The summed E-state index contributed by atoms with van der Waals surface area (Å²) in [4.78, 5) is 12.4. The summed E-state index contributed by atoms with van der Waals surface area (Å²) in [6, 6.07) is 9.71. The minimum Gasteiger partial charge on any atom is -0.467 e. The van der Waals surface area contributed by atoms with Gasteiger partial charge < -0.3 is 9.84 Å². The van der Waals surface area contributed by atoms with E-state index in [2.05, 4.69) is 5.32 Å². The van der Waals surface area contributed by atoms with Gasteiger partial charge in [0.1, 0.15) is 0 Å². The van der Waals surface area contributed by atoms with Crippen LogP contribution in [-0.2, 0) is 15.1 Å². The summed E-state index contributed by atoms with van der Waals surface area (Å²) in [6.45, 7) is 4.09. The number of carbonyl (C=O) groups is 1. The second-order valence-corrected chi connectivity index (χ2v) is 5.94. The summed E-state index contributed by atoms with van der Waals surface area (Å²) in [5.41, 5.74) is -0.00436. The number of methoxy groups -OCH3 is 1. The summed E-state index contributed by atoms with van der Waals surface area (Å²) in [7, 11) is 1.40. The van der Waals surface area contributed by atoms with Crippen LogP contribution in [-0.4, -0.2) is 42.3 Å². The number of thioether (sulfide) groups is 1. The second kappa shape index (κ2) is 8.29. The summed E-state index contributed by atoms with van der Waals surface area (Å²) in [5, 5.41) is 12.3. The molecule has 1 atom stereocenters. The largest absolute Gasteiger partial charge is 0.467 e. The fourth-order valence-corrected chi connectivity index (χ4v) is 3.07. The zero-order valence-electron chi connectivity index (χ0n) is 12.3. The maximum Gasteiger partial charge on any atom is 0.331 e. The number of benzene rings is 1. The zero-order chi connectivity index (χ0) is 15.0. The predicted molar refractivity (Wildman–Crippen MR) is 82.8 cm³/mol. The fraction of sp³-hybridized carbons (Fsp3) is 0.533. The van der Waals surface area contributed by atoms with Crippen molar-refractivity contribution in [2.24, 2.45) is 0 Å².